The Kier molecular flexibility index (Phi) is 1.74. The molecule has 56 valence electrons. The Morgan fingerprint density at radius 3 is 2.60 bits per heavy atom. The Balaban J connectivity index is 2.76. The second kappa shape index (κ2) is 2.40. The van der Waals surface area contributed by atoms with Crippen LogP contribution in [-0.2, 0) is 9.63 Å². The quantitative estimate of drug-likeness (QED) is 0.546. The molecule has 0 aromatic rings. The van der Waals surface area contributed by atoms with Gasteiger partial charge in [-0.15, -0.1) is 0 Å². The van der Waals surface area contributed by atoms with Crippen LogP contribution in [0.5, 0.6) is 0 Å². The molecule has 0 saturated carbocycles. The molecule has 0 aliphatic carbocycles. The molecule has 0 saturated heterocycles. The molecule has 1 amide bonds. The minimum atomic E-state index is -0.919. The van der Waals surface area contributed by atoms with Crippen molar-refractivity contribution in [2.24, 2.45) is 0 Å². The number of amides is 1. The fourth-order valence-electron chi connectivity index (χ4n) is 0.847. The van der Waals surface area contributed by atoms with Crippen molar-refractivity contribution >= 4 is 5.91 Å². The number of hydroxylamine groups is 2. The predicted molar refractivity (Wildman–Crippen MR) is 33.6 cm³/mol. The van der Waals surface area contributed by atoms with Crippen LogP contribution in [0.4, 0.5) is 0 Å². The van der Waals surface area contributed by atoms with Gasteiger partial charge in [-0.2, -0.15) is 5.06 Å². The van der Waals surface area contributed by atoms with Crippen molar-refractivity contribution in [3.05, 3.63) is 11.6 Å². The Morgan fingerprint density at radius 2 is 2.40 bits per heavy atom. The summed E-state index contributed by atoms with van der Waals surface area (Å²) in [5.41, 5.74) is 0.509. The van der Waals surface area contributed by atoms with Crippen LogP contribution in [0.15, 0.2) is 11.6 Å². The highest BCUT2D eigenvalue weighted by Crippen LogP contribution is 2.14. The van der Waals surface area contributed by atoms with Gasteiger partial charge >= 0.3 is 0 Å². The van der Waals surface area contributed by atoms with E-state index in [4.69, 9.17) is 5.11 Å². The van der Waals surface area contributed by atoms with Crippen molar-refractivity contribution in [3.8, 4) is 0 Å². The number of rotatable bonds is 1. The smallest absolute Gasteiger partial charge is 0.275 e. The first kappa shape index (κ1) is 7.24. The Morgan fingerprint density at radius 1 is 1.80 bits per heavy atom. The number of aliphatic hydroxyl groups is 1. The summed E-state index contributed by atoms with van der Waals surface area (Å²) < 4.78 is 0. The largest absolute Gasteiger partial charge is 0.368 e. The maximum atomic E-state index is 10.9. The minimum absolute atomic E-state index is 0.282. The number of hydrogen-bond acceptors (Lipinski definition) is 3. The monoisotopic (exact) mass is 143 g/mol. The number of carbonyl (C=O) groups excluding carboxylic acids is 1. The van der Waals surface area contributed by atoms with E-state index in [0.717, 1.165) is 5.06 Å². The standard InChI is InChI=1S/C6H9NO3/c1-4-3-5(8)7(10-2)6(4)9/h3,5,8H,1-2H3. The fraction of sp³-hybridized carbons (Fsp3) is 0.500. The first-order valence-corrected chi connectivity index (χ1v) is 2.91. The van der Waals surface area contributed by atoms with Gasteiger partial charge in [0.25, 0.3) is 5.91 Å². The molecule has 4 nitrogen and oxygen atoms in total. The third kappa shape index (κ3) is 0.913. The van der Waals surface area contributed by atoms with Crippen molar-refractivity contribution < 1.29 is 14.7 Å². The van der Waals surface area contributed by atoms with Crippen molar-refractivity contribution in [3.63, 3.8) is 0 Å². The Bertz CT molecular complexity index is 187. The van der Waals surface area contributed by atoms with Crippen LogP contribution in [0.3, 0.4) is 0 Å². The van der Waals surface area contributed by atoms with Gasteiger partial charge in [-0.1, -0.05) is 0 Å². The molecular formula is C6H9NO3. The van der Waals surface area contributed by atoms with E-state index in [1.54, 1.807) is 6.92 Å². The van der Waals surface area contributed by atoms with Crippen LogP contribution in [0.1, 0.15) is 6.92 Å². The van der Waals surface area contributed by atoms with Gasteiger partial charge in [-0.25, -0.2) is 0 Å². The molecule has 0 radical (unpaired) electrons. The lowest BCUT2D eigenvalue weighted by molar-refractivity contribution is -0.200. The molecule has 1 unspecified atom stereocenters. The van der Waals surface area contributed by atoms with E-state index >= 15 is 0 Å². The van der Waals surface area contributed by atoms with E-state index in [9.17, 15) is 4.79 Å². The van der Waals surface area contributed by atoms with Crippen molar-refractivity contribution in [1.82, 2.24) is 5.06 Å². The molecule has 1 aliphatic rings. The second-order valence-corrected chi connectivity index (χ2v) is 2.08. The normalized spacial score (nSPS) is 25.5. The summed E-state index contributed by atoms with van der Waals surface area (Å²) in [6.07, 6.45) is 0.517. The van der Waals surface area contributed by atoms with Gasteiger partial charge in [0.1, 0.15) is 0 Å². The van der Waals surface area contributed by atoms with E-state index in [1.165, 1.54) is 13.2 Å². The lowest BCUT2D eigenvalue weighted by Crippen LogP contribution is -2.32. The average Bonchev–Trinajstić information content (AvgIpc) is 2.09. The van der Waals surface area contributed by atoms with Gasteiger partial charge in [0.05, 0.1) is 7.11 Å². The summed E-state index contributed by atoms with van der Waals surface area (Å²) in [5.74, 6) is -0.282. The van der Waals surface area contributed by atoms with Gasteiger partial charge in [-0.3, -0.25) is 9.63 Å². The molecule has 1 aliphatic heterocycles. The molecule has 1 heterocycles. The van der Waals surface area contributed by atoms with Crippen LogP contribution in [-0.4, -0.2) is 29.4 Å². The lowest BCUT2D eigenvalue weighted by Gasteiger charge is -2.16. The van der Waals surface area contributed by atoms with Crippen molar-refractivity contribution in [2.75, 3.05) is 7.11 Å². The number of aliphatic hydroxyl groups excluding tert-OH is 1. The number of nitrogens with zero attached hydrogens (tertiary/aromatic N) is 1. The summed E-state index contributed by atoms with van der Waals surface area (Å²) in [5, 5.41) is 9.95. The molecular weight excluding hydrogens is 134 g/mol. The van der Waals surface area contributed by atoms with Crippen LogP contribution in [0.2, 0.25) is 0 Å². The zero-order valence-electron chi connectivity index (χ0n) is 5.87. The van der Waals surface area contributed by atoms with Gasteiger partial charge in [0.2, 0.25) is 0 Å². The maximum Gasteiger partial charge on any atom is 0.275 e. The zero-order chi connectivity index (χ0) is 7.72. The van der Waals surface area contributed by atoms with E-state index < -0.39 is 6.23 Å². The third-order valence-electron chi connectivity index (χ3n) is 1.37. The highest BCUT2D eigenvalue weighted by molar-refractivity contribution is 5.94. The van der Waals surface area contributed by atoms with Gasteiger partial charge in [0, 0.05) is 5.57 Å². The van der Waals surface area contributed by atoms with Crippen LogP contribution in [0, 0.1) is 0 Å². The van der Waals surface area contributed by atoms with E-state index in [-0.39, 0.29) is 5.91 Å². The summed E-state index contributed by atoms with van der Waals surface area (Å²) in [7, 11) is 1.34. The highest BCUT2D eigenvalue weighted by Gasteiger charge is 2.28. The molecule has 0 fully saturated rings. The SMILES string of the molecule is CON1C(=O)C(C)=CC1O. The Labute approximate surface area is 58.7 Å². The summed E-state index contributed by atoms with van der Waals surface area (Å²) >= 11 is 0. The zero-order valence-corrected chi connectivity index (χ0v) is 5.87. The summed E-state index contributed by atoms with van der Waals surface area (Å²) in [6, 6.07) is 0. The molecule has 10 heavy (non-hydrogen) atoms. The van der Waals surface area contributed by atoms with Crippen LogP contribution < -0.4 is 0 Å². The lowest BCUT2D eigenvalue weighted by atomic mass is 10.3. The van der Waals surface area contributed by atoms with Gasteiger partial charge < -0.3 is 5.11 Å². The van der Waals surface area contributed by atoms with Gasteiger partial charge in [0.15, 0.2) is 6.23 Å². The molecule has 0 aromatic carbocycles. The summed E-state index contributed by atoms with van der Waals surface area (Å²) in [6.45, 7) is 1.63. The topological polar surface area (TPSA) is 49.8 Å². The number of hydrogen-bond donors (Lipinski definition) is 1. The van der Waals surface area contributed by atoms with Crippen LogP contribution >= 0.6 is 0 Å². The van der Waals surface area contributed by atoms with Crippen LogP contribution in [0.25, 0.3) is 0 Å². The average molecular weight is 143 g/mol. The second-order valence-electron chi connectivity index (χ2n) is 2.08. The first-order valence-electron chi connectivity index (χ1n) is 2.91. The molecule has 1 N–H and O–H groups in total. The van der Waals surface area contributed by atoms with E-state index in [0.29, 0.717) is 5.57 Å². The third-order valence-corrected chi connectivity index (χ3v) is 1.37. The van der Waals surface area contributed by atoms with E-state index in [1.807, 2.05) is 0 Å². The Hall–Kier alpha value is -0.870. The maximum absolute atomic E-state index is 10.9. The predicted octanol–water partition coefficient (Wildman–Crippen LogP) is -0.345. The molecule has 1 rings (SSSR count). The molecule has 1 atom stereocenters. The molecule has 4 heteroatoms. The van der Waals surface area contributed by atoms with E-state index in [2.05, 4.69) is 4.84 Å². The minimum Gasteiger partial charge on any atom is -0.368 e. The number of carbonyl (C=O) groups is 1. The summed E-state index contributed by atoms with van der Waals surface area (Å²) in [4.78, 5) is 15.5. The van der Waals surface area contributed by atoms with Gasteiger partial charge in [-0.05, 0) is 13.0 Å². The highest BCUT2D eigenvalue weighted by atomic mass is 16.7. The molecule has 0 aromatic heterocycles. The molecule has 0 bridgehead atoms. The van der Waals surface area contributed by atoms with Crippen molar-refractivity contribution in [1.29, 1.82) is 0 Å². The first-order chi connectivity index (χ1) is 4.66. The molecule has 0 spiro atoms. The van der Waals surface area contributed by atoms with Crippen molar-refractivity contribution in [2.45, 2.75) is 13.2 Å². The fourth-order valence-corrected chi connectivity index (χ4v) is 0.847.